The van der Waals surface area contributed by atoms with Crippen molar-refractivity contribution in [1.29, 1.82) is 0 Å². The van der Waals surface area contributed by atoms with Gasteiger partial charge >= 0.3 is 0 Å². The normalized spacial score (nSPS) is 11.5. The Bertz CT molecular complexity index is 1170. The zero-order chi connectivity index (χ0) is 21.1. The summed E-state index contributed by atoms with van der Waals surface area (Å²) >= 11 is 0. The Hall–Kier alpha value is -3.21. The minimum absolute atomic E-state index is 0.100. The molecule has 2 N–H and O–H groups in total. The van der Waals surface area contributed by atoms with Gasteiger partial charge in [-0.1, -0.05) is 38.1 Å². The number of rotatable bonds is 8. The number of nitrogens with zero attached hydrogens (tertiary/aromatic N) is 1. The van der Waals surface area contributed by atoms with Crippen LogP contribution in [0.15, 0.2) is 54.7 Å². The third-order valence-electron chi connectivity index (χ3n) is 5.59. The lowest BCUT2D eigenvalue weighted by Gasteiger charge is -2.07. The van der Waals surface area contributed by atoms with Crippen LogP contribution in [0, 0.1) is 5.92 Å². The van der Waals surface area contributed by atoms with Crippen LogP contribution in [0.4, 0.5) is 0 Å². The van der Waals surface area contributed by atoms with Crippen LogP contribution >= 0.6 is 0 Å². The Balaban J connectivity index is 1.45. The summed E-state index contributed by atoms with van der Waals surface area (Å²) in [6.07, 6.45) is 4.19. The SMILES string of the molecule is COc1cccc2[nH]c(C(=O)NCCc3cn(CCC(C)C)c4ccccc34)cc12. The van der Waals surface area contributed by atoms with E-state index in [4.69, 9.17) is 4.74 Å². The first kappa shape index (κ1) is 20.1. The van der Waals surface area contributed by atoms with Gasteiger partial charge in [0.2, 0.25) is 0 Å². The van der Waals surface area contributed by atoms with E-state index in [1.54, 1.807) is 7.11 Å². The highest BCUT2D eigenvalue weighted by molar-refractivity contribution is 5.99. The monoisotopic (exact) mass is 403 g/mol. The standard InChI is InChI=1S/C25H29N3O2/c1-17(2)12-14-28-16-18(19-7-4-5-9-23(19)28)11-13-26-25(29)22-15-20-21(27-22)8-6-10-24(20)30-3/h4-10,15-17,27H,11-14H2,1-3H3,(H,26,29). The second kappa shape index (κ2) is 8.66. The second-order valence-electron chi connectivity index (χ2n) is 8.16. The number of H-pyrrole nitrogens is 1. The molecule has 5 nitrogen and oxygen atoms in total. The summed E-state index contributed by atoms with van der Waals surface area (Å²) < 4.78 is 7.73. The largest absolute Gasteiger partial charge is 0.496 e. The number of hydrogen-bond donors (Lipinski definition) is 2. The molecule has 2 heterocycles. The molecule has 0 fully saturated rings. The van der Waals surface area contributed by atoms with Gasteiger partial charge in [-0.15, -0.1) is 0 Å². The van der Waals surface area contributed by atoms with Gasteiger partial charge in [-0.25, -0.2) is 0 Å². The van der Waals surface area contributed by atoms with Crippen LogP contribution in [0.1, 0.15) is 36.3 Å². The van der Waals surface area contributed by atoms with Gasteiger partial charge in [0.1, 0.15) is 11.4 Å². The fourth-order valence-electron chi connectivity index (χ4n) is 3.94. The van der Waals surface area contributed by atoms with Gasteiger partial charge in [-0.3, -0.25) is 4.79 Å². The molecule has 0 radical (unpaired) electrons. The van der Waals surface area contributed by atoms with E-state index in [-0.39, 0.29) is 5.91 Å². The molecule has 0 aliphatic heterocycles. The number of methoxy groups -OCH3 is 1. The van der Waals surface area contributed by atoms with Crippen LogP contribution in [0.3, 0.4) is 0 Å². The highest BCUT2D eigenvalue weighted by Gasteiger charge is 2.13. The minimum Gasteiger partial charge on any atom is -0.496 e. The van der Waals surface area contributed by atoms with E-state index in [9.17, 15) is 4.79 Å². The lowest BCUT2D eigenvalue weighted by molar-refractivity contribution is 0.0950. The number of carbonyl (C=O) groups is 1. The van der Waals surface area contributed by atoms with Crippen LogP contribution in [0.2, 0.25) is 0 Å². The lowest BCUT2D eigenvalue weighted by Crippen LogP contribution is -2.25. The van der Waals surface area contributed by atoms with Crippen molar-refractivity contribution in [2.75, 3.05) is 13.7 Å². The van der Waals surface area contributed by atoms with Crippen molar-refractivity contribution >= 4 is 27.7 Å². The molecule has 2 aromatic heterocycles. The van der Waals surface area contributed by atoms with Crippen molar-refractivity contribution in [2.45, 2.75) is 33.2 Å². The van der Waals surface area contributed by atoms with Crippen LogP contribution in [-0.4, -0.2) is 29.1 Å². The van der Waals surface area contributed by atoms with Crippen LogP contribution in [-0.2, 0) is 13.0 Å². The number of benzene rings is 2. The molecule has 156 valence electrons. The number of amides is 1. The predicted octanol–water partition coefficient (Wildman–Crippen LogP) is 5.15. The van der Waals surface area contributed by atoms with Crippen molar-refractivity contribution in [2.24, 2.45) is 5.92 Å². The summed E-state index contributed by atoms with van der Waals surface area (Å²) in [5, 5.41) is 5.23. The fraction of sp³-hybridized carbons (Fsp3) is 0.320. The van der Waals surface area contributed by atoms with Gasteiger partial charge in [0, 0.05) is 41.1 Å². The first-order chi connectivity index (χ1) is 14.6. The van der Waals surface area contributed by atoms with Crippen LogP contribution < -0.4 is 10.1 Å². The Kier molecular flexibility index (Phi) is 5.79. The number of hydrogen-bond acceptors (Lipinski definition) is 2. The quantitative estimate of drug-likeness (QED) is 0.427. The summed E-state index contributed by atoms with van der Waals surface area (Å²) in [4.78, 5) is 15.8. The molecule has 1 amide bonds. The van der Waals surface area contributed by atoms with Gasteiger partial charge in [-0.2, -0.15) is 0 Å². The van der Waals surface area contributed by atoms with Gasteiger partial charge < -0.3 is 19.6 Å². The molecule has 0 spiro atoms. The molecule has 4 aromatic rings. The number of nitrogens with one attached hydrogen (secondary N) is 2. The molecule has 0 aliphatic rings. The maximum atomic E-state index is 12.7. The molecule has 5 heteroatoms. The number of aromatic nitrogens is 2. The van der Waals surface area contributed by atoms with Crippen LogP contribution in [0.5, 0.6) is 5.75 Å². The van der Waals surface area contributed by atoms with Crippen molar-refractivity contribution in [3.8, 4) is 5.75 Å². The zero-order valence-corrected chi connectivity index (χ0v) is 17.9. The maximum Gasteiger partial charge on any atom is 0.267 e. The van der Waals surface area contributed by atoms with Crippen molar-refractivity contribution in [1.82, 2.24) is 14.9 Å². The van der Waals surface area contributed by atoms with E-state index in [1.807, 2.05) is 24.3 Å². The Morgan fingerprint density at radius 1 is 1.13 bits per heavy atom. The first-order valence-electron chi connectivity index (χ1n) is 10.6. The summed E-state index contributed by atoms with van der Waals surface area (Å²) in [6.45, 7) is 6.11. The number of aryl methyl sites for hydroxylation is 1. The van der Waals surface area contributed by atoms with Gasteiger partial charge in [0.05, 0.1) is 7.11 Å². The number of fused-ring (bicyclic) bond motifs is 2. The van der Waals surface area contributed by atoms with Crippen molar-refractivity contribution < 1.29 is 9.53 Å². The highest BCUT2D eigenvalue weighted by atomic mass is 16.5. The number of ether oxygens (including phenoxy) is 1. The summed E-state index contributed by atoms with van der Waals surface area (Å²) in [5.74, 6) is 1.33. The molecule has 2 aromatic carbocycles. The molecular formula is C25H29N3O2. The average Bonchev–Trinajstić information content (AvgIpc) is 3.34. The Morgan fingerprint density at radius 2 is 1.97 bits per heavy atom. The van der Waals surface area contributed by atoms with E-state index in [0.717, 1.165) is 36.0 Å². The summed E-state index contributed by atoms with van der Waals surface area (Å²) in [6, 6.07) is 16.1. The van der Waals surface area contributed by atoms with Gasteiger partial charge in [-0.05, 0) is 48.6 Å². The molecule has 4 rings (SSSR count). The van der Waals surface area contributed by atoms with E-state index in [0.29, 0.717) is 18.2 Å². The minimum atomic E-state index is -0.100. The molecule has 0 atom stereocenters. The van der Waals surface area contributed by atoms with Gasteiger partial charge in [0.25, 0.3) is 5.91 Å². The zero-order valence-electron chi connectivity index (χ0n) is 17.9. The van der Waals surface area contributed by atoms with Crippen LogP contribution in [0.25, 0.3) is 21.8 Å². The number of para-hydroxylation sites is 1. The topological polar surface area (TPSA) is 59.1 Å². The van der Waals surface area contributed by atoms with Gasteiger partial charge in [0.15, 0.2) is 0 Å². The van der Waals surface area contributed by atoms with Crippen molar-refractivity contribution in [3.05, 3.63) is 66.0 Å². The molecule has 0 saturated heterocycles. The molecular weight excluding hydrogens is 374 g/mol. The average molecular weight is 404 g/mol. The summed E-state index contributed by atoms with van der Waals surface area (Å²) in [7, 11) is 1.64. The Labute approximate surface area is 177 Å². The summed E-state index contributed by atoms with van der Waals surface area (Å²) in [5.41, 5.74) is 3.98. The first-order valence-corrected chi connectivity index (χ1v) is 10.6. The van der Waals surface area contributed by atoms with E-state index >= 15 is 0 Å². The molecule has 0 saturated carbocycles. The molecule has 0 aliphatic carbocycles. The maximum absolute atomic E-state index is 12.7. The smallest absolute Gasteiger partial charge is 0.267 e. The third kappa shape index (κ3) is 4.06. The molecule has 30 heavy (non-hydrogen) atoms. The van der Waals surface area contributed by atoms with E-state index in [1.165, 1.54) is 16.5 Å². The highest BCUT2D eigenvalue weighted by Crippen LogP contribution is 2.26. The lowest BCUT2D eigenvalue weighted by atomic mass is 10.1. The van der Waals surface area contributed by atoms with Crippen molar-refractivity contribution in [3.63, 3.8) is 0 Å². The number of aromatic amines is 1. The van der Waals surface area contributed by atoms with E-state index < -0.39 is 0 Å². The fourth-order valence-corrected chi connectivity index (χ4v) is 3.94. The number of carbonyl (C=O) groups excluding carboxylic acids is 1. The molecule has 0 bridgehead atoms. The predicted molar refractivity (Wildman–Crippen MR) is 122 cm³/mol. The van der Waals surface area contributed by atoms with E-state index in [2.05, 4.69) is 59.2 Å². The molecule has 0 unspecified atom stereocenters. The third-order valence-corrected chi connectivity index (χ3v) is 5.59. The second-order valence-corrected chi connectivity index (χ2v) is 8.16. The Morgan fingerprint density at radius 3 is 2.77 bits per heavy atom.